The zero-order valence-electron chi connectivity index (χ0n) is 13.9. The fourth-order valence-electron chi connectivity index (χ4n) is 3.82. The van der Waals surface area contributed by atoms with Crippen molar-refractivity contribution in [1.29, 1.82) is 0 Å². The van der Waals surface area contributed by atoms with Gasteiger partial charge >= 0.3 is 0 Å². The Morgan fingerprint density at radius 1 is 1.35 bits per heavy atom. The van der Waals surface area contributed by atoms with Crippen LogP contribution in [0.25, 0.3) is 0 Å². The average Bonchev–Trinajstić information content (AvgIpc) is 3.01. The minimum Gasteiger partial charge on any atom is -0.493 e. The van der Waals surface area contributed by atoms with E-state index in [-0.39, 0.29) is 18.1 Å². The molecule has 0 amide bonds. The van der Waals surface area contributed by atoms with E-state index in [0.717, 1.165) is 31.5 Å². The standard InChI is InChI=1S/C17H26N2O4/c1-21-16-6-7-18-13(17(16)22-2)10-19-8-9-23-11-14(19)12-4-3-5-15(12)20/h6-7,12,14-15,20H,3-5,8-11H2,1-2H3/t12-,14+,15+/m0/s1. The lowest BCUT2D eigenvalue weighted by atomic mass is 9.94. The Morgan fingerprint density at radius 3 is 2.91 bits per heavy atom. The maximum Gasteiger partial charge on any atom is 0.183 e. The Morgan fingerprint density at radius 2 is 2.22 bits per heavy atom. The number of hydrogen-bond donors (Lipinski definition) is 1. The highest BCUT2D eigenvalue weighted by Crippen LogP contribution is 2.35. The number of nitrogens with zero attached hydrogens (tertiary/aromatic N) is 2. The number of hydrogen-bond acceptors (Lipinski definition) is 6. The normalized spacial score (nSPS) is 28.7. The molecule has 1 saturated heterocycles. The Bertz CT molecular complexity index is 525. The van der Waals surface area contributed by atoms with Crippen LogP contribution in [0.5, 0.6) is 11.5 Å². The lowest BCUT2D eigenvalue weighted by Crippen LogP contribution is -2.50. The van der Waals surface area contributed by atoms with Crippen LogP contribution in [0.4, 0.5) is 0 Å². The Hall–Kier alpha value is -1.37. The van der Waals surface area contributed by atoms with Crippen LogP contribution in [-0.2, 0) is 11.3 Å². The van der Waals surface area contributed by atoms with Gasteiger partial charge in [-0.1, -0.05) is 6.42 Å². The summed E-state index contributed by atoms with van der Waals surface area (Å²) in [7, 11) is 3.27. The Kier molecular flexibility index (Phi) is 5.35. The number of pyridine rings is 1. The third kappa shape index (κ3) is 3.44. The first-order valence-corrected chi connectivity index (χ1v) is 8.30. The summed E-state index contributed by atoms with van der Waals surface area (Å²) >= 11 is 0. The molecule has 1 aliphatic carbocycles. The minimum absolute atomic E-state index is 0.218. The molecule has 0 radical (unpaired) electrons. The molecule has 6 nitrogen and oxygen atoms in total. The molecule has 3 rings (SSSR count). The van der Waals surface area contributed by atoms with Crippen LogP contribution in [-0.4, -0.2) is 61.1 Å². The van der Waals surface area contributed by atoms with Crippen molar-refractivity contribution in [3.05, 3.63) is 18.0 Å². The van der Waals surface area contributed by atoms with Gasteiger partial charge in [0.2, 0.25) is 0 Å². The van der Waals surface area contributed by atoms with E-state index in [4.69, 9.17) is 14.2 Å². The van der Waals surface area contributed by atoms with E-state index >= 15 is 0 Å². The zero-order valence-corrected chi connectivity index (χ0v) is 13.9. The first kappa shape index (κ1) is 16.5. The number of methoxy groups -OCH3 is 2. The van der Waals surface area contributed by atoms with E-state index < -0.39 is 0 Å². The van der Waals surface area contributed by atoms with Crippen LogP contribution in [0, 0.1) is 5.92 Å². The summed E-state index contributed by atoms with van der Waals surface area (Å²) < 4.78 is 16.5. The number of rotatable bonds is 5. The van der Waals surface area contributed by atoms with Crippen molar-refractivity contribution in [3.63, 3.8) is 0 Å². The van der Waals surface area contributed by atoms with Crippen molar-refractivity contribution < 1.29 is 19.3 Å². The van der Waals surface area contributed by atoms with Crippen molar-refractivity contribution in [2.45, 2.75) is 38.0 Å². The van der Waals surface area contributed by atoms with Crippen molar-refractivity contribution in [2.24, 2.45) is 5.92 Å². The predicted octanol–water partition coefficient (Wildman–Crippen LogP) is 1.46. The monoisotopic (exact) mass is 322 g/mol. The van der Waals surface area contributed by atoms with Gasteiger partial charge in [-0.25, -0.2) is 0 Å². The summed E-state index contributed by atoms with van der Waals surface area (Å²) in [5.74, 6) is 1.67. The highest BCUT2D eigenvalue weighted by atomic mass is 16.5. The molecule has 0 aromatic carbocycles. The van der Waals surface area contributed by atoms with Crippen molar-refractivity contribution in [1.82, 2.24) is 9.88 Å². The number of ether oxygens (including phenoxy) is 3. The van der Waals surface area contributed by atoms with Gasteiger partial charge in [0.05, 0.1) is 33.5 Å². The zero-order chi connectivity index (χ0) is 16.2. The molecule has 1 N–H and O–H groups in total. The van der Waals surface area contributed by atoms with E-state index in [9.17, 15) is 5.11 Å². The molecule has 23 heavy (non-hydrogen) atoms. The van der Waals surface area contributed by atoms with E-state index in [1.807, 2.05) is 0 Å². The molecular weight excluding hydrogens is 296 g/mol. The molecule has 1 saturated carbocycles. The smallest absolute Gasteiger partial charge is 0.183 e. The topological polar surface area (TPSA) is 64.1 Å². The lowest BCUT2D eigenvalue weighted by molar-refractivity contribution is -0.0543. The molecule has 128 valence electrons. The number of morpholine rings is 1. The van der Waals surface area contributed by atoms with Gasteiger partial charge in [0.25, 0.3) is 0 Å². The summed E-state index contributed by atoms with van der Waals surface area (Å²) in [5.41, 5.74) is 0.867. The summed E-state index contributed by atoms with van der Waals surface area (Å²) in [5, 5.41) is 10.3. The third-order valence-electron chi connectivity index (χ3n) is 5.03. The lowest BCUT2D eigenvalue weighted by Gasteiger charge is -2.40. The molecule has 1 aromatic rings. The average molecular weight is 322 g/mol. The number of aromatic nitrogens is 1. The SMILES string of the molecule is COc1ccnc(CN2CCOC[C@@H]2[C@@H]2CCC[C@H]2O)c1OC. The fraction of sp³-hybridized carbons (Fsp3) is 0.706. The number of aliphatic hydroxyl groups is 1. The largest absolute Gasteiger partial charge is 0.493 e. The van der Waals surface area contributed by atoms with Crippen LogP contribution in [0.3, 0.4) is 0 Å². The maximum atomic E-state index is 10.3. The van der Waals surface area contributed by atoms with E-state index in [1.54, 1.807) is 26.5 Å². The van der Waals surface area contributed by atoms with Crippen molar-refractivity contribution in [2.75, 3.05) is 34.0 Å². The van der Waals surface area contributed by atoms with Crippen LogP contribution in [0.2, 0.25) is 0 Å². The van der Waals surface area contributed by atoms with Gasteiger partial charge in [0.1, 0.15) is 5.69 Å². The molecular formula is C17H26N2O4. The van der Waals surface area contributed by atoms with Gasteiger partial charge in [0, 0.05) is 37.3 Å². The van der Waals surface area contributed by atoms with Gasteiger partial charge in [-0.3, -0.25) is 9.88 Å². The highest BCUT2D eigenvalue weighted by Gasteiger charge is 2.38. The summed E-state index contributed by atoms with van der Waals surface area (Å²) in [6, 6.07) is 2.04. The summed E-state index contributed by atoms with van der Waals surface area (Å²) in [6.45, 7) is 2.91. The molecule has 0 bridgehead atoms. The van der Waals surface area contributed by atoms with Crippen LogP contribution < -0.4 is 9.47 Å². The van der Waals surface area contributed by atoms with E-state index in [1.165, 1.54) is 0 Å². The molecule has 6 heteroatoms. The quantitative estimate of drug-likeness (QED) is 0.885. The molecule has 1 aliphatic heterocycles. The maximum absolute atomic E-state index is 10.3. The number of aliphatic hydroxyl groups excluding tert-OH is 1. The molecule has 2 aliphatic rings. The molecule has 0 spiro atoms. The van der Waals surface area contributed by atoms with Gasteiger partial charge < -0.3 is 19.3 Å². The van der Waals surface area contributed by atoms with E-state index in [2.05, 4.69) is 9.88 Å². The van der Waals surface area contributed by atoms with Crippen LogP contribution in [0.15, 0.2) is 12.3 Å². The first-order chi connectivity index (χ1) is 11.2. The van der Waals surface area contributed by atoms with Gasteiger partial charge in [-0.05, 0) is 12.8 Å². The predicted molar refractivity (Wildman–Crippen MR) is 85.7 cm³/mol. The van der Waals surface area contributed by atoms with Gasteiger partial charge in [-0.2, -0.15) is 0 Å². The molecule has 2 heterocycles. The van der Waals surface area contributed by atoms with Crippen molar-refractivity contribution >= 4 is 0 Å². The molecule has 3 atom stereocenters. The Labute approximate surface area is 137 Å². The van der Waals surface area contributed by atoms with Crippen molar-refractivity contribution in [3.8, 4) is 11.5 Å². The van der Waals surface area contributed by atoms with Gasteiger partial charge in [0.15, 0.2) is 11.5 Å². The highest BCUT2D eigenvalue weighted by molar-refractivity contribution is 5.42. The summed E-state index contributed by atoms with van der Waals surface area (Å²) in [6.07, 6.45) is 4.58. The van der Waals surface area contributed by atoms with Crippen LogP contribution >= 0.6 is 0 Å². The Balaban J connectivity index is 1.79. The third-order valence-corrected chi connectivity index (χ3v) is 5.03. The second-order valence-electron chi connectivity index (χ2n) is 6.27. The van der Waals surface area contributed by atoms with Crippen LogP contribution in [0.1, 0.15) is 25.0 Å². The molecule has 1 aromatic heterocycles. The molecule has 0 unspecified atom stereocenters. The second-order valence-corrected chi connectivity index (χ2v) is 6.27. The van der Waals surface area contributed by atoms with E-state index in [0.29, 0.717) is 31.3 Å². The minimum atomic E-state index is -0.218. The summed E-state index contributed by atoms with van der Waals surface area (Å²) in [4.78, 5) is 6.85. The molecule has 2 fully saturated rings. The fourth-order valence-corrected chi connectivity index (χ4v) is 3.82. The second kappa shape index (κ2) is 7.47. The first-order valence-electron chi connectivity index (χ1n) is 8.30. The van der Waals surface area contributed by atoms with Gasteiger partial charge in [-0.15, -0.1) is 0 Å².